The van der Waals surface area contributed by atoms with Gasteiger partial charge in [-0.15, -0.1) is 0 Å². The van der Waals surface area contributed by atoms with E-state index in [4.69, 9.17) is 10.5 Å². The second-order valence-corrected chi connectivity index (χ2v) is 9.01. The first-order valence-electron chi connectivity index (χ1n) is 10.6. The van der Waals surface area contributed by atoms with Gasteiger partial charge in [-0.3, -0.25) is 4.90 Å². The molecule has 2 heterocycles. The maximum Gasteiger partial charge on any atom is 0.410 e. The molecule has 0 aliphatic carbocycles. The fourth-order valence-electron chi connectivity index (χ4n) is 4.39. The molecule has 0 saturated carbocycles. The Morgan fingerprint density at radius 1 is 1.14 bits per heavy atom. The number of hydrogen-bond acceptors (Lipinski definition) is 5. The summed E-state index contributed by atoms with van der Waals surface area (Å²) in [6.45, 7) is 12.7. The van der Waals surface area contributed by atoms with Gasteiger partial charge in [-0.1, -0.05) is 0 Å². The SMILES string of the molecule is CCN(C(=O)OC(C)(C)C)C1CCN(C2CCN(c3ccc(N)cc3)CC2)C1. The molecular weight excluding hydrogens is 352 g/mol. The van der Waals surface area contributed by atoms with Crippen LogP contribution < -0.4 is 10.6 Å². The first-order valence-corrected chi connectivity index (χ1v) is 10.6. The van der Waals surface area contributed by atoms with Crippen molar-refractivity contribution < 1.29 is 9.53 Å². The molecule has 2 aliphatic rings. The molecule has 0 radical (unpaired) electrons. The zero-order valence-corrected chi connectivity index (χ0v) is 17.9. The number of ether oxygens (including phenoxy) is 1. The molecule has 1 aromatic rings. The van der Waals surface area contributed by atoms with Crippen molar-refractivity contribution in [3.8, 4) is 0 Å². The monoisotopic (exact) mass is 388 g/mol. The first-order chi connectivity index (χ1) is 13.3. The number of likely N-dealkylation sites (N-methyl/N-ethyl adjacent to an activating group) is 1. The summed E-state index contributed by atoms with van der Waals surface area (Å²) in [5, 5.41) is 0. The minimum absolute atomic E-state index is 0.181. The molecule has 156 valence electrons. The Labute approximate surface area is 169 Å². The van der Waals surface area contributed by atoms with Gasteiger partial charge in [0.05, 0.1) is 0 Å². The van der Waals surface area contributed by atoms with Gasteiger partial charge in [0.15, 0.2) is 0 Å². The minimum Gasteiger partial charge on any atom is -0.444 e. The van der Waals surface area contributed by atoms with Gasteiger partial charge in [0.1, 0.15) is 5.60 Å². The number of benzene rings is 1. The number of nitrogens with two attached hydrogens (primary N) is 1. The number of likely N-dealkylation sites (tertiary alicyclic amines) is 1. The highest BCUT2D eigenvalue weighted by Gasteiger charge is 2.36. The number of hydrogen-bond donors (Lipinski definition) is 1. The molecule has 1 aromatic carbocycles. The van der Waals surface area contributed by atoms with E-state index in [2.05, 4.69) is 21.9 Å². The van der Waals surface area contributed by atoms with E-state index in [0.717, 1.165) is 51.1 Å². The third-order valence-corrected chi connectivity index (χ3v) is 5.84. The predicted octanol–water partition coefficient (Wildman–Crippen LogP) is 3.57. The molecule has 1 atom stereocenters. The molecule has 2 aliphatic heterocycles. The van der Waals surface area contributed by atoms with Crippen molar-refractivity contribution in [3.05, 3.63) is 24.3 Å². The van der Waals surface area contributed by atoms with Gasteiger partial charge >= 0.3 is 6.09 Å². The van der Waals surface area contributed by atoms with Crippen molar-refractivity contribution in [2.24, 2.45) is 0 Å². The summed E-state index contributed by atoms with van der Waals surface area (Å²) in [5.41, 5.74) is 7.43. The van der Waals surface area contributed by atoms with E-state index in [1.807, 2.05) is 44.7 Å². The maximum absolute atomic E-state index is 12.6. The Kier molecular flexibility index (Phi) is 6.38. The topological polar surface area (TPSA) is 62.0 Å². The quantitative estimate of drug-likeness (QED) is 0.799. The van der Waals surface area contributed by atoms with Crippen LogP contribution in [-0.2, 0) is 4.74 Å². The molecule has 2 fully saturated rings. The average molecular weight is 389 g/mol. The van der Waals surface area contributed by atoms with E-state index in [0.29, 0.717) is 12.6 Å². The lowest BCUT2D eigenvalue weighted by Crippen LogP contribution is -2.47. The van der Waals surface area contributed by atoms with Gasteiger partial charge in [-0.2, -0.15) is 0 Å². The van der Waals surface area contributed by atoms with Gasteiger partial charge in [0, 0.05) is 56.2 Å². The van der Waals surface area contributed by atoms with Crippen LogP contribution in [0.3, 0.4) is 0 Å². The number of amides is 1. The van der Waals surface area contributed by atoms with Crippen LogP contribution in [0, 0.1) is 0 Å². The van der Waals surface area contributed by atoms with Crippen LogP contribution in [0.2, 0.25) is 0 Å². The minimum atomic E-state index is -0.447. The number of carbonyl (C=O) groups is 1. The smallest absolute Gasteiger partial charge is 0.410 e. The number of rotatable bonds is 4. The Balaban J connectivity index is 1.51. The number of nitrogen functional groups attached to an aromatic ring is 1. The van der Waals surface area contributed by atoms with Crippen molar-refractivity contribution in [2.75, 3.05) is 43.4 Å². The van der Waals surface area contributed by atoms with Crippen LogP contribution in [0.25, 0.3) is 0 Å². The highest BCUT2D eigenvalue weighted by atomic mass is 16.6. The van der Waals surface area contributed by atoms with E-state index in [-0.39, 0.29) is 12.1 Å². The summed E-state index contributed by atoms with van der Waals surface area (Å²) in [5.74, 6) is 0. The van der Waals surface area contributed by atoms with Crippen molar-refractivity contribution in [1.82, 2.24) is 9.80 Å². The van der Waals surface area contributed by atoms with E-state index in [9.17, 15) is 4.79 Å². The van der Waals surface area contributed by atoms with Crippen molar-refractivity contribution in [3.63, 3.8) is 0 Å². The predicted molar refractivity (Wildman–Crippen MR) is 115 cm³/mol. The molecule has 2 saturated heterocycles. The summed E-state index contributed by atoms with van der Waals surface area (Å²) in [4.78, 5) is 19.5. The van der Waals surface area contributed by atoms with Crippen LogP contribution in [0.4, 0.5) is 16.2 Å². The summed E-state index contributed by atoms with van der Waals surface area (Å²) in [7, 11) is 0. The van der Waals surface area contributed by atoms with Gasteiger partial charge in [0.25, 0.3) is 0 Å². The third kappa shape index (κ3) is 5.10. The first kappa shape index (κ1) is 20.8. The van der Waals surface area contributed by atoms with Crippen molar-refractivity contribution >= 4 is 17.5 Å². The molecule has 6 nitrogen and oxygen atoms in total. The van der Waals surface area contributed by atoms with E-state index >= 15 is 0 Å². The normalized spacial score (nSPS) is 21.7. The molecule has 1 unspecified atom stereocenters. The molecule has 2 N–H and O–H groups in total. The summed E-state index contributed by atoms with van der Waals surface area (Å²) in [6.07, 6.45) is 3.18. The van der Waals surface area contributed by atoms with Crippen LogP contribution in [0.15, 0.2) is 24.3 Å². The second-order valence-electron chi connectivity index (χ2n) is 9.01. The highest BCUT2D eigenvalue weighted by molar-refractivity contribution is 5.68. The lowest BCUT2D eigenvalue weighted by molar-refractivity contribution is 0.0175. The lowest BCUT2D eigenvalue weighted by Gasteiger charge is -2.38. The lowest BCUT2D eigenvalue weighted by atomic mass is 10.0. The number of nitrogens with zero attached hydrogens (tertiary/aromatic N) is 3. The van der Waals surface area contributed by atoms with Crippen LogP contribution in [0.1, 0.15) is 47.0 Å². The number of carbonyl (C=O) groups excluding carboxylic acids is 1. The summed E-state index contributed by atoms with van der Waals surface area (Å²) >= 11 is 0. The number of anilines is 2. The Morgan fingerprint density at radius 3 is 2.36 bits per heavy atom. The standard InChI is InChI=1S/C22H36N4O2/c1-5-26(21(27)28-22(2,3)4)20-12-15-25(16-20)19-10-13-24(14-11-19)18-8-6-17(23)7-9-18/h6-9,19-20H,5,10-16,23H2,1-4H3. The van der Waals surface area contributed by atoms with Gasteiger partial charge < -0.3 is 20.3 Å². The molecular formula is C22H36N4O2. The second kappa shape index (κ2) is 8.60. The average Bonchev–Trinajstić information content (AvgIpc) is 3.11. The zero-order valence-electron chi connectivity index (χ0n) is 17.9. The van der Waals surface area contributed by atoms with E-state index in [1.54, 1.807) is 0 Å². The van der Waals surface area contributed by atoms with Gasteiger partial charge in [-0.05, 0) is 71.2 Å². The molecule has 3 rings (SSSR count). The molecule has 0 spiro atoms. The molecule has 6 heteroatoms. The van der Waals surface area contributed by atoms with Gasteiger partial charge in [0.2, 0.25) is 0 Å². The Hall–Kier alpha value is -1.95. The van der Waals surface area contributed by atoms with E-state index in [1.165, 1.54) is 5.69 Å². The van der Waals surface area contributed by atoms with Crippen LogP contribution in [0.5, 0.6) is 0 Å². The summed E-state index contributed by atoms with van der Waals surface area (Å²) in [6, 6.07) is 9.04. The zero-order chi connectivity index (χ0) is 20.3. The molecule has 0 bridgehead atoms. The van der Waals surface area contributed by atoms with Crippen molar-refractivity contribution in [2.45, 2.75) is 64.6 Å². The Bertz CT molecular complexity index is 647. The molecule has 0 aromatic heterocycles. The highest BCUT2D eigenvalue weighted by Crippen LogP contribution is 2.27. The maximum atomic E-state index is 12.6. The largest absolute Gasteiger partial charge is 0.444 e. The third-order valence-electron chi connectivity index (χ3n) is 5.84. The van der Waals surface area contributed by atoms with Crippen LogP contribution in [-0.4, -0.2) is 66.3 Å². The van der Waals surface area contributed by atoms with Gasteiger partial charge in [-0.25, -0.2) is 4.79 Å². The van der Waals surface area contributed by atoms with Crippen molar-refractivity contribution in [1.29, 1.82) is 0 Å². The fraction of sp³-hybridized carbons (Fsp3) is 0.682. The van der Waals surface area contributed by atoms with Crippen LogP contribution >= 0.6 is 0 Å². The Morgan fingerprint density at radius 2 is 1.79 bits per heavy atom. The molecule has 1 amide bonds. The van der Waals surface area contributed by atoms with E-state index < -0.39 is 5.60 Å². The molecule has 28 heavy (non-hydrogen) atoms. The summed E-state index contributed by atoms with van der Waals surface area (Å²) < 4.78 is 5.61. The fourth-order valence-corrected chi connectivity index (χ4v) is 4.39. The number of piperidine rings is 1.